The van der Waals surface area contributed by atoms with Crippen molar-refractivity contribution < 1.29 is 4.74 Å². The molecule has 3 rings (SSSR count). The van der Waals surface area contributed by atoms with Crippen molar-refractivity contribution in [2.45, 2.75) is 13.8 Å². The predicted octanol–water partition coefficient (Wildman–Crippen LogP) is 2.78. The molecule has 1 fully saturated rings. The Hall–Kier alpha value is -1.81. The summed E-state index contributed by atoms with van der Waals surface area (Å²) < 4.78 is 5.50. The molecule has 0 bridgehead atoms. The smallest absolute Gasteiger partial charge is 0.213 e. The summed E-state index contributed by atoms with van der Waals surface area (Å²) in [6, 6.07) is 10.5. The number of hydrogen-bond donors (Lipinski definition) is 0. The van der Waals surface area contributed by atoms with Crippen LogP contribution in [0.1, 0.15) is 13.8 Å². The van der Waals surface area contributed by atoms with Gasteiger partial charge in [-0.25, -0.2) is 4.98 Å². The fraction of sp³-hybridized carbons (Fsp3) is 0.471. The van der Waals surface area contributed by atoms with E-state index in [1.54, 1.807) is 0 Å². The second kappa shape index (κ2) is 6.31. The molecule has 0 atom stereocenters. The van der Waals surface area contributed by atoms with Gasteiger partial charge in [0, 0.05) is 43.3 Å². The number of piperazine rings is 1. The highest BCUT2D eigenvalue weighted by atomic mass is 16.5. The summed E-state index contributed by atoms with van der Waals surface area (Å²) >= 11 is 0. The molecule has 0 radical (unpaired) electrons. The number of fused-ring (bicyclic) bond motifs is 1. The normalized spacial score (nSPS) is 16.4. The van der Waals surface area contributed by atoms with Gasteiger partial charge in [0.1, 0.15) is 0 Å². The topological polar surface area (TPSA) is 28.6 Å². The molecule has 0 N–H and O–H groups in total. The van der Waals surface area contributed by atoms with Gasteiger partial charge in [0.05, 0.1) is 12.1 Å². The molecular weight excluding hydrogens is 262 g/mol. The molecule has 1 aromatic heterocycles. The molecule has 1 aromatic carbocycles. The van der Waals surface area contributed by atoms with E-state index in [4.69, 9.17) is 4.74 Å². The molecule has 2 aromatic rings. The lowest BCUT2D eigenvalue weighted by Crippen LogP contribution is -2.46. The number of rotatable bonds is 4. The summed E-state index contributed by atoms with van der Waals surface area (Å²) in [5, 5.41) is 1.16. The number of ether oxygens (including phenoxy) is 1. The van der Waals surface area contributed by atoms with Crippen LogP contribution in [0.15, 0.2) is 30.3 Å². The number of anilines is 1. The van der Waals surface area contributed by atoms with E-state index >= 15 is 0 Å². The quantitative estimate of drug-likeness (QED) is 0.863. The Labute approximate surface area is 126 Å². The summed E-state index contributed by atoms with van der Waals surface area (Å²) in [6.45, 7) is 10.5. The van der Waals surface area contributed by atoms with Crippen LogP contribution in [0, 0.1) is 0 Å². The Morgan fingerprint density at radius 2 is 1.81 bits per heavy atom. The fourth-order valence-electron chi connectivity index (χ4n) is 2.83. The zero-order chi connectivity index (χ0) is 14.7. The van der Waals surface area contributed by atoms with Crippen LogP contribution in [-0.2, 0) is 0 Å². The maximum Gasteiger partial charge on any atom is 0.213 e. The number of nitrogens with zero attached hydrogens (tertiary/aromatic N) is 3. The van der Waals surface area contributed by atoms with E-state index in [-0.39, 0.29) is 0 Å². The molecule has 0 aliphatic carbocycles. The third-order valence-corrected chi connectivity index (χ3v) is 4.13. The predicted molar refractivity (Wildman–Crippen MR) is 87.2 cm³/mol. The van der Waals surface area contributed by atoms with E-state index in [0.717, 1.165) is 43.6 Å². The van der Waals surface area contributed by atoms with E-state index in [2.05, 4.69) is 46.0 Å². The van der Waals surface area contributed by atoms with Crippen molar-refractivity contribution in [3.63, 3.8) is 0 Å². The summed E-state index contributed by atoms with van der Waals surface area (Å²) in [5.74, 6) is 0.706. The van der Waals surface area contributed by atoms with Gasteiger partial charge in [-0.2, -0.15) is 0 Å². The summed E-state index contributed by atoms with van der Waals surface area (Å²) in [6.07, 6.45) is 0. The van der Waals surface area contributed by atoms with E-state index in [1.165, 1.54) is 5.69 Å². The van der Waals surface area contributed by atoms with Crippen molar-refractivity contribution in [3.8, 4) is 5.88 Å². The molecule has 0 spiro atoms. The molecule has 0 saturated carbocycles. The fourth-order valence-corrected chi connectivity index (χ4v) is 2.83. The minimum Gasteiger partial charge on any atom is -0.478 e. The molecule has 1 aliphatic heterocycles. The molecule has 1 aliphatic rings. The Kier molecular flexibility index (Phi) is 4.25. The standard InChI is InChI=1S/C17H23N3O/c1-3-19-9-11-20(12-10-19)15-7-5-14-6-8-17(21-4-2)18-16(14)13-15/h5-8,13H,3-4,9-12H2,1-2H3. The average molecular weight is 285 g/mol. The van der Waals surface area contributed by atoms with E-state index in [0.29, 0.717) is 12.5 Å². The van der Waals surface area contributed by atoms with Crippen molar-refractivity contribution in [1.29, 1.82) is 0 Å². The second-order valence-corrected chi connectivity index (χ2v) is 5.38. The van der Waals surface area contributed by atoms with E-state index in [1.807, 2.05) is 13.0 Å². The molecule has 0 amide bonds. The van der Waals surface area contributed by atoms with Gasteiger partial charge in [-0.1, -0.05) is 13.0 Å². The zero-order valence-electron chi connectivity index (χ0n) is 12.9. The van der Waals surface area contributed by atoms with Crippen molar-refractivity contribution >= 4 is 16.6 Å². The van der Waals surface area contributed by atoms with Crippen molar-refractivity contribution in [2.24, 2.45) is 0 Å². The molecule has 0 unspecified atom stereocenters. The number of likely N-dealkylation sites (N-methyl/N-ethyl adjacent to an activating group) is 1. The third kappa shape index (κ3) is 3.10. The number of benzene rings is 1. The first-order valence-corrected chi connectivity index (χ1v) is 7.81. The van der Waals surface area contributed by atoms with E-state index < -0.39 is 0 Å². The maximum atomic E-state index is 5.50. The largest absolute Gasteiger partial charge is 0.478 e. The highest BCUT2D eigenvalue weighted by molar-refractivity contribution is 5.83. The average Bonchev–Trinajstić information content (AvgIpc) is 2.54. The van der Waals surface area contributed by atoms with Crippen LogP contribution >= 0.6 is 0 Å². The van der Waals surface area contributed by atoms with Gasteiger partial charge in [0.25, 0.3) is 0 Å². The third-order valence-electron chi connectivity index (χ3n) is 4.13. The molecule has 112 valence electrons. The highest BCUT2D eigenvalue weighted by Crippen LogP contribution is 2.24. The first-order chi connectivity index (χ1) is 10.3. The van der Waals surface area contributed by atoms with Crippen molar-refractivity contribution in [3.05, 3.63) is 30.3 Å². The lowest BCUT2D eigenvalue weighted by Gasteiger charge is -2.35. The van der Waals surface area contributed by atoms with Gasteiger partial charge in [-0.15, -0.1) is 0 Å². The minimum atomic E-state index is 0.650. The first kappa shape index (κ1) is 14.1. The highest BCUT2D eigenvalue weighted by Gasteiger charge is 2.16. The van der Waals surface area contributed by atoms with Crippen molar-refractivity contribution in [2.75, 3.05) is 44.2 Å². The van der Waals surface area contributed by atoms with Gasteiger partial charge >= 0.3 is 0 Å². The maximum absolute atomic E-state index is 5.50. The van der Waals surface area contributed by atoms with Crippen LogP contribution in [0.2, 0.25) is 0 Å². The van der Waals surface area contributed by atoms with Crippen LogP contribution in [0.4, 0.5) is 5.69 Å². The van der Waals surface area contributed by atoms with Crippen LogP contribution in [0.5, 0.6) is 5.88 Å². The Morgan fingerprint density at radius 3 is 2.52 bits per heavy atom. The van der Waals surface area contributed by atoms with Gasteiger partial charge in [0.2, 0.25) is 5.88 Å². The zero-order valence-corrected chi connectivity index (χ0v) is 12.9. The Bertz CT molecular complexity index is 606. The second-order valence-electron chi connectivity index (χ2n) is 5.38. The molecular formula is C17H23N3O. The van der Waals surface area contributed by atoms with E-state index in [9.17, 15) is 0 Å². The minimum absolute atomic E-state index is 0.650. The Morgan fingerprint density at radius 1 is 1.05 bits per heavy atom. The SMILES string of the molecule is CCOc1ccc2ccc(N3CCN(CC)CC3)cc2n1. The number of aromatic nitrogens is 1. The van der Waals surface area contributed by atoms with Crippen LogP contribution in [-0.4, -0.2) is 49.2 Å². The van der Waals surface area contributed by atoms with Crippen LogP contribution in [0.25, 0.3) is 10.9 Å². The molecule has 1 saturated heterocycles. The summed E-state index contributed by atoms with van der Waals surface area (Å²) in [5.41, 5.74) is 2.27. The van der Waals surface area contributed by atoms with Crippen LogP contribution < -0.4 is 9.64 Å². The molecule has 21 heavy (non-hydrogen) atoms. The van der Waals surface area contributed by atoms with Gasteiger partial charge in [-0.05, 0) is 31.7 Å². The lowest BCUT2D eigenvalue weighted by molar-refractivity contribution is 0.271. The van der Waals surface area contributed by atoms with Gasteiger partial charge < -0.3 is 14.5 Å². The molecule has 4 heteroatoms. The van der Waals surface area contributed by atoms with Crippen molar-refractivity contribution in [1.82, 2.24) is 9.88 Å². The Balaban J connectivity index is 1.82. The monoisotopic (exact) mass is 285 g/mol. The summed E-state index contributed by atoms with van der Waals surface area (Å²) in [7, 11) is 0. The number of pyridine rings is 1. The number of hydrogen-bond acceptors (Lipinski definition) is 4. The first-order valence-electron chi connectivity index (χ1n) is 7.81. The summed E-state index contributed by atoms with van der Waals surface area (Å²) in [4.78, 5) is 9.53. The van der Waals surface area contributed by atoms with Gasteiger partial charge in [0.15, 0.2) is 0 Å². The van der Waals surface area contributed by atoms with Crippen LogP contribution in [0.3, 0.4) is 0 Å². The van der Waals surface area contributed by atoms with Gasteiger partial charge in [-0.3, -0.25) is 0 Å². The molecule has 2 heterocycles. The molecule has 4 nitrogen and oxygen atoms in total. The lowest BCUT2D eigenvalue weighted by atomic mass is 10.1.